The van der Waals surface area contributed by atoms with Crippen LogP contribution in [0, 0.1) is 17.3 Å². The molecule has 6 nitrogen and oxygen atoms in total. The van der Waals surface area contributed by atoms with E-state index in [2.05, 4.69) is 23.1 Å². The number of hydrogen-bond donors (Lipinski definition) is 2. The van der Waals surface area contributed by atoms with Crippen molar-refractivity contribution >= 4 is 5.91 Å². The predicted molar refractivity (Wildman–Crippen MR) is 123 cm³/mol. The summed E-state index contributed by atoms with van der Waals surface area (Å²) in [5.41, 5.74) is 6.66. The predicted octanol–water partition coefficient (Wildman–Crippen LogP) is 2.56. The van der Waals surface area contributed by atoms with Crippen molar-refractivity contribution in [3.05, 3.63) is 41.0 Å². The Morgan fingerprint density at radius 1 is 1.33 bits per heavy atom. The molecule has 2 saturated carbocycles. The maximum atomic E-state index is 12.4. The molecule has 1 unspecified atom stereocenters. The van der Waals surface area contributed by atoms with Gasteiger partial charge in [0, 0.05) is 36.6 Å². The first-order valence-electron chi connectivity index (χ1n) is 12.5. The number of nitrogens with two attached hydrogens (primary N) is 1. The summed E-state index contributed by atoms with van der Waals surface area (Å²) < 4.78 is 13.2. The van der Waals surface area contributed by atoms with E-state index < -0.39 is 17.1 Å². The summed E-state index contributed by atoms with van der Waals surface area (Å²) in [5.74, 6) is 0.926. The number of nitrogens with zero attached hydrogens (tertiary/aromatic N) is 1. The van der Waals surface area contributed by atoms with Crippen LogP contribution in [-0.4, -0.2) is 59.5 Å². The normalized spacial score (nSPS) is 42.2. The van der Waals surface area contributed by atoms with Crippen molar-refractivity contribution in [1.82, 2.24) is 4.90 Å². The zero-order valence-electron chi connectivity index (χ0n) is 19.8. The van der Waals surface area contributed by atoms with Crippen LogP contribution < -0.4 is 10.5 Å². The molecule has 33 heavy (non-hydrogen) atoms. The van der Waals surface area contributed by atoms with Gasteiger partial charge in [-0.1, -0.05) is 18.2 Å². The summed E-state index contributed by atoms with van der Waals surface area (Å²) in [5, 5.41) is 11.4. The van der Waals surface area contributed by atoms with E-state index in [1.807, 2.05) is 19.9 Å². The summed E-state index contributed by atoms with van der Waals surface area (Å²) in [6.07, 6.45) is 9.78. The molecule has 1 amide bonds. The highest BCUT2D eigenvalue weighted by atomic mass is 16.6. The lowest BCUT2D eigenvalue weighted by molar-refractivity contribution is -0.245. The molecule has 0 radical (unpaired) electrons. The number of rotatable bonds is 5. The number of likely N-dealkylation sites (tertiary alicyclic amines) is 1. The van der Waals surface area contributed by atoms with Crippen molar-refractivity contribution in [3.8, 4) is 5.75 Å². The molecule has 1 aromatic carbocycles. The number of primary amides is 1. The fourth-order valence-electron chi connectivity index (χ4n) is 8.79. The van der Waals surface area contributed by atoms with Gasteiger partial charge in [0.05, 0.1) is 16.6 Å². The molecule has 2 heterocycles. The van der Waals surface area contributed by atoms with Crippen molar-refractivity contribution in [3.63, 3.8) is 0 Å². The highest BCUT2D eigenvalue weighted by Crippen LogP contribution is 2.75. The first-order chi connectivity index (χ1) is 15.7. The Morgan fingerprint density at radius 3 is 2.79 bits per heavy atom. The number of carbonyl (C=O) groups is 1. The van der Waals surface area contributed by atoms with E-state index in [-0.39, 0.29) is 22.9 Å². The Kier molecular flexibility index (Phi) is 3.74. The SMILES string of the molecule is CO[C@@]12C=C[C@@]3(CC1C(C)(C)O)[C@H]1Cc4ccc(C(N)=O)c5c4[C@@]3(CCN1CC1CC1)[C@H]2O5. The van der Waals surface area contributed by atoms with E-state index in [1.54, 1.807) is 7.11 Å². The van der Waals surface area contributed by atoms with E-state index in [1.165, 1.54) is 24.0 Å². The van der Waals surface area contributed by atoms with Gasteiger partial charge >= 0.3 is 0 Å². The molecule has 3 fully saturated rings. The molecule has 3 N–H and O–H groups in total. The minimum atomic E-state index is -0.935. The van der Waals surface area contributed by atoms with Gasteiger partial charge in [0.1, 0.15) is 17.5 Å². The maximum Gasteiger partial charge on any atom is 0.252 e. The Balaban J connectivity index is 1.51. The monoisotopic (exact) mass is 450 g/mol. The number of methoxy groups -OCH3 is 1. The molecular formula is C27H34N2O4. The topological polar surface area (TPSA) is 85.0 Å². The first-order valence-corrected chi connectivity index (χ1v) is 12.5. The second-order valence-corrected chi connectivity index (χ2v) is 12.1. The third-order valence-corrected chi connectivity index (χ3v) is 10.2. The van der Waals surface area contributed by atoms with Crippen LogP contribution in [0.2, 0.25) is 0 Å². The Hall–Kier alpha value is -1.89. The quantitative estimate of drug-likeness (QED) is 0.674. The Morgan fingerprint density at radius 2 is 2.12 bits per heavy atom. The number of amides is 1. The standard InChI is InChI=1S/C27H34N2O4/c1-24(2,31)18-13-25-8-9-27(18,32-3)23-26(25)10-11-29(14-15-4-5-15)19(25)12-16-6-7-17(22(28)30)21(33-23)20(16)26/h6-9,15,18-19,23,31H,4-5,10-14H2,1-3H3,(H2,28,30)/t18?,19-,23-,25-,26+,27+/m1/s1. The van der Waals surface area contributed by atoms with Gasteiger partial charge in [-0.15, -0.1) is 0 Å². The first kappa shape index (κ1) is 20.5. The zero-order chi connectivity index (χ0) is 23.0. The van der Waals surface area contributed by atoms with Crippen LogP contribution in [0.25, 0.3) is 0 Å². The summed E-state index contributed by atoms with van der Waals surface area (Å²) >= 11 is 0. The van der Waals surface area contributed by atoms with Gasteiger partial charge in [-0.3, -0.25) is 9.69 Å². The second-order valence-electron chi connectivity index (χ2n) is 12.1. The number of aliphatic hydroxyl groups is 1. The highest BCUT2D eigenvalue weighted by Gasteiger charge is 2.80. The minimum Gasteiger partial charge on any atom is -0.485 e. The molecule has 4 bridgehead atoms. The lowest BCUT2D eigenvalue weighted by Crippen LogP contribution is -2.80. The zero-order valence-corrected chi connectivity index (χ0v) is 19.8. The van der Waals surface area contributed by atoms with Crippen molar-refractivity contribution in [2.24, 2.45) is 23.0 Å². The van der Waals surface area contributed by atoms with Crippen molar-refractivity contribution < 1.29 is 19.4 Å². The maximum absolute atomic E-state index is 12.4. The van der Waals surface area contributed by atoms with Gasteiger partial charge < -0.3 is 20.3 Å². The highest BCUT2D eigenvalue weighted by molar-refractivity contribution is 5.97. The van der Waals surface area contributed by atoms with Crippen LogP contribution in [0.1, 0.15) is 61.0 Å². The molecule has 5 aliphatic carbocycles. The van der Waals surface area contributed by atoms with Crippen LogP contribution in [-0.2, 0) is 16.6 Å². The average molecular weight is 451 g/mol. The molecular weight excluding hydrogens is 416 g/mol. The molecule has 2 spiro atoms. The van der Waals surface area contributed by atoms with Gasteiger partial charge in [0.25, 0.3) is 5.91 Å². The van der Waals surface area contributed by atoms with E-state index in [9.17, 15) is 9.90 Å². The number of hydrogen-bond acceptors (Lipinski definition) is 5. The second kappa shape index (κ2) is 6.02. The van der Waals surface area contributed by atoms with Gasteiger partial charge in [-0.25, -0.2) is 0 Å². The van der Waals surface area contributed by atoms with Crippen LogP contribution in [0.3, 0.4) is 0 Å². The molecule has 1 saturated heterocycles. The van der Waals surface area contributed by atoms with Crippen molar-refractivity contribution in [2.75, 3.05) is 20.2 Å². The van der Waals surface area contributed by atoms with Gasteiger partial charge in [-0.05, 0) is 70.0 Å². The molecule has 1 aromatic rings. The van der Waals surface area contributed by atoms with Gasteiger partial charge in [-0.2, -0.15) is 0 Å². The molecule has 7 aliphatic rings. The summed E-state index contributed by atoms with van der Waals surface area (Å²) in [7, 11) is 1.74. The number of ether oxygens (including phenoxy) is 2. The van der Waals surface area contributed by atoms with Crippen LogP contribution >= 0.6 is 0 Å². The Bertz CT molecular complexity index is 1100. The average Bonchev–Trinajstić information content (AvgIpc) is 3.51. The largest absolute Gasteiger partial charge is 0.485 e. The van der Waals surface area contributed by atoms with Gasteiger partial charge in [0.2, 0.25) is 0 Å². The lowest BCUT2D eigenvalue weighted by Gasteiger charge is -2.72. The van der Waals surface area contributed by atoms with Crippen molar-refractivity contribution in [1.29, 1.82) is 0 Å². The van der Waals surface area contributed by atoms with E-state index in [0.29, 0.717) is 17.4 Å². The van der Waals surface area contributed by atoms with Crippen LogP contribution in [0.4, 0.5) is 0 Å². The molecule has 0 aromatic heterocycles. The number of carbonyl (C=O) groups excluding carboxylic acids is 1. The smallest absolute Gasteiger partial charge is 0.252 e. The van der Waals surface area contributed by atoms with Crippen LogP contribution in [0.5, 0.6) is 5.75 Å². The fourth-order valence-corrected chi connectivity index (χ4v) is 8.79. The molecule has 6 atom stereocenters. The third-order valence-electron chi connectivity index (χ3n) is 10.2. The Labute approximate surface area is 195 Å². The van der Waals surface area contributed by atoms with Crippen molar-refractivity contribution in [2.45, 2.75) is 74.7 Å². The van der Waals surface area contributed by atoms with E-state index >= 15 is 0 Å². The summed E-state index contributed by atoms with van der Waals surface area (Å²) in [6.45, 7) is 5.99. The molecule has 6 heteroatoms. The minimum absolute atomic E-state index is 0.116. The molecule has 8 rings (SSSR count). The van der Waals surface area contributed by atoms with Crippen LogP contribution in [0.15, 0.2) is 24.3 Å². The number of fused-ring (bicyclic) bond motifs is 1. The van der Waals surface area contributed by atoms with E-state index in [4.69, 9.17) is 15.2 Å². The number of benzene rings is 1. The summed E-state index contributed by atoms with van der Waals surface area (Å²) in [6, 6.07) is 4.32. The summed E-state index contributed by atoms with van der Waals surface area (Å²) in [4.78, 5) is 15.2. The molecule has 2 aliphatic heterocycles. The molecule has 176 valence electrons. The van der Waals surface area contributed by atoms with Gasteiger partial charge in [0.15, 0.2) is 0 Å². The lowest BCUT2D eigenvalue weighted by atomic mass is 9.36. The fraction of sp³-hybridized carbons (Fsp3) is 0.667. The third kappa shape index (κ3) is 2.20. The number of piperidine rings is 1. The van der Waals surface area contributed by atoms with E-state index in [0.717, 1.165) is 38.3 Å².